The molecule has 60 valence electrons. The second kappa shape index (κ2) is 4.33. The van der Waals surface area contributed by atoms with Crippen LogP contribution in [0.1, 0.15) is 22.2 Å². The number of rotatable bonds is 1. The van der Waals surface area contributed by atoms with E-state index < -0.39 is 0 Å². The van der Waals surface area contributed by atoms with Gasteiger partial charge in [-0.05, 0) is 29.2 Å². The van der Waals surface area contributed by atoms with Gasteiger partial charge in [0.2, 0.25) is 0 Å². The van der Waals surface area contributed by atoms with Crippen LogP contribution in [0.4, 0.5) is 0 Å². The second-order valence-corrected chi connectivity index (χ2v) is 4.40. The van der Waals surface area contributed by atoms with Crippen LogP contribution in [-0.4, -0.2) is 9.52 Å². The molecule has 0 aliphatic heterocycles. The molecule has 2 heteroatoms. The first-order chi connectivity index (χ1) is 5.83. The first-order valence-corrected chi connectivity index (χ1v) is 5.85. The summed E-state index contributed by atoms with van der Waals surface area (Å²) in [6, 6.07) is 6.60. The molecule has 0 spiro atoms. The van der Waals surface area contributed by atoms with E-state index in [4.69, 9.17) is 0 Å². The Labute approximate surface area is 94.4 Å². The smallest absolute Gasteiger partial charge is 0.0797 e. The number of allylic oxidation sites excluding steroid dienone is 1. The SMILES string of the molecule is C[Si]C1C=Cc2c(C)cccc21.[Li+]. The molecule has 0 aromatic heterocycles. The van der Waals surface area contributed by atoms with Gasteiger partial charge in [0.15, 0.2) is 0 Å². The third-order valence-electron chi connectivity index (χ3n) is 2.46. The molecule has 2 rings (SSSR count). The molecule has 0 bridgehead atoms. The molecule has 0 saturated carbocycles. The van der Waals surface area contributed by atoms with Crippen molar-refractivity contribution < 1.29 is 18.9 Å². The van der Waals surface area contributed by atoms with E-state index in [1.54, 1.807) is 0 Å². The van der Waals surface area contributed by atoms with Gasteiger partial charge in [0, 0.05) is 9.52 Å². The van der Waals surface area contributed by atoms with E-state index in [9.17, 15) is 0 Å². The number of benzene rings is 1. The van der Waals surface area contributed by atoms with Gasteiger partial charge in [0.1, 0.15) is 0 Å². The molecule has 2 radical (unpaired) electrons. The fourth-order valence-corrected chi connectivity index (χ4v) is 2.60. The van der Waals surface area contributed by atoms with Gasteiger partial charge in [-0.25, -0.2) is 0 Å². The molecular weight excluding hydrogens is 167 g/mol. The van der Waals surface area contributed by atoms with Crippen molar-refractivity contribution in [3.63, 3.8) is 0 Å². The molecule has 0 N–H and O–H groups in total. The minimum absolute atomic E-state index is 0. The standard InChI is InChI=1S/C11H12Si.Li/c1-8-4-3-5-10-9(8)6-7-11(10)12-2;/h3-7,11H,1-2H3;/q;+1. The molecule has 1 aliphatic rings. The van der Waals surface area contributed by atoms with Crippen LogP contribution in [-0.2, 0) is 0 Å². The van der Waals surface area contributed by atoms with Crippen molar-refractivity contribution in [3.8, 4) is 0 Å². The number of hydrogen-bond acceptors (Lipinski definition) is 0. The first kappa shape index (κ1) is 10.9. The van der Waals surface area contributed by atoms with Crippen LogP contribution in [0.2, 0.25) is 6.55 Å². The van der Waals surface area contributed by atoms with Gasteiger partial charge in [0.25, 0.3) is 0 Å². The first-order valence-electron chi connectivity index (χ1n) is 4.28. The quantitative estimate of drug-likeness (QED) is 0.525. The number of fused-ring (bicyclic) bond motifs is 1. The zero-order valence-corrected chi connectivity index (χ0v) is 9.46. The predicted octanol–water partition coefficient (Wildman–Crippen LogP) is -0.181. The Morgan fingerprint density at radius 1 is 1.31 bits per heavy atom. The van der Waals surface area contributed by atoms with E-state index >= 15 is 0 Å². The van der Waals surface area contributed by atoms with Crippen LogP contribution in [0, 0.1) is 6.92 Å². The Morgan fingerprint density at radius 3 is 2.77 bits per heavy atom. The summed E-state index contributed by atoms with van der Waals surface area (Å²) in [5.74, 6) is 0. The number of aryl methyl sites for hydroxylation is 1. The summed E-state index contributed by atoms with van der Waals surface area (Å²) in [7, 11) is 0.988. The van der Waals surface area contributed by atoms with Crippen molar-refractivity contribution in [2.75, 3.05) is 0 Å². The van der Waals surface area contributed by atoms with Crippen molar-refractivity contribution in [1.29, 1.82) is 0 Å². The molecule has 1 aromatic carbocycles. The summed E-state index contributed by atoms with van der Waals surface area (Å²) in [6.07, 6.45) is 4.60. The Bertz CT molecular complexity index is 331. The monoisotopic (exact) mass is 179 g/mol. The maximum Gasteiger partial charge on any atom is 1.00 e. The third kappa shape index (κ3) is 1.83. The fourth-order valence-electron chi connectivity index (χ4n) is 1.75. The molecule has 1 aromatic rings. The van der Waals surface area contributed by atoms with E-state index in [1.807, 2.05) is 0 Å². The summed E-state index contributed by atoms with van der Waals surface area (Å²) < 4.78 is 0. The Hall–Kier alpha value is -0.226. The average molecular weight is 179 g/mol. The molecule has 1 unspecified atom stereocenters. The van der Waals surface area contributed by atoms with E-state index in [0.717, 1.165) is 9.52 Å². The Balaban J connectivity index is 0.000000845. The molecule has 0 saturated heterocycles. The molecule has 13 heavy (non-hydrogen) atoms. The topological polar surface area (TPSA) is 0 Å². The van der Waals surface area contributed by atoms with Crippen molar-refractivity contribution in [3.05, 3.63) is 41.0 Å². The summed E-state index contributed by atoms with van der Waals surface area (Å²) >= 11 is 0. The van der Waals surface area contributed by atoms with Gasteiger partial charge in [-0.15, -0.1) is 0 Å². The molecule has 0 amide bonds. The Kier molecular flexibility index (Phi) is 3.61. The van der Waals surface area contributed by atoms with E-state index in [0.29, 0.717) is 5.54 Å². The molecule has 0 heterocycles. The van der Waals surface area contributed by atoms with Crippen LogP contribution in [0.25, 0.3) is 6.08 Å². The van der Waals surface area contributed by atoms with Crippen molar-refractivity contribution in [1.82, 2.24) is 0 Å². The average Bonchev–Trinajstić information content (AvgIpc) is 2.49. The number of hydrogen-bond donors (Lipinski definition) is 0. The van der Waals surface area contributed by atoms with E-state index in [1.165, 1.54) is 16.7 Å². The minimum atomic E-state index is 0. The third-order valence-corrected chi connectivity index (χ3v) is 3.58. The second-order valence-electron chi connectivity index (χ2n) is 3.20. The molecule has 0 fully saturated rings. The maximum atomic E-state index is 2.33. The van der Waals surface area contributed by atoms with Crippen molar-refractivity contribution in [2.24, 2.45) is 0 Å². The van der Waals surface area contributed by atoms with Gasteiger partial charge in [-0.2, -0.15) is 0 Å². The minimum Gasteiger partial charge on any atom is -0.0797 e. The normalized spacial score (nSPS) is 18.2. The van der Waals surface area contributed by atoms with Crippen LogP contribution in [0.3, 0.4) is 0 Å². The summed E-state index contributed by atoms with van der Waals surface area (Å²) in [5, 5.41) is 0. The van der Waals surface area contributed by atoms with Crippen LogP contribution < -0.4 is 18.9 Å². The van der Waals surface area contributed by atoms with Crippen LogP contribution in [0.5, 0.6) is 0 Å². The van der Waals surface area contributed by atoms with Gasteiger partial charge in [0.05, 0.1) is 0 Å². The van der Waals surface area contributed by atoms with Gasteiger partial charge in [-0.3, -0.25) is 0 Å². The van der Waals surface area contributed by atoms with E-state index in [2.05, 4.69) is 43.8 Å². The zero-order valence-electron chi connectivity index (χ0n) is 8.46. The molecule has 1 atom stereocenters. The predicted molar refractivity (Wildman–Crippen MR) is 54.6 cm³/mol. The van der Waals surface area contributed by atoms with Crippen LogP contribution in [0.15, 0.2) is 24.3 Å². The Morgan fingerprint density at radius 2 is 2.08 bits per heavy atom. The molecule has 1 aliphatic carbocycles. The zero-order chi connectivity index (χ0) is 8.55. The summed E-state index contributed by atoms with van der Waals surface area (Å²) in [5.41, 5.74) is 5.08. The molecule has 0 nitrogen and oxygen atoms in total. The van der Waals surface area contributed by atoms with Crippen molar-refractivity contribution >= 4 is 15.6 Å². The summed E-state index contributed by atoms with van der Waals surface area (Å²) in [6.45, 7) is 4.46. The summed E-state index contributed by atoms with van der Waals surface area (Å²) in [4.78, 5) is 0. The molecular formula is C11H12LiSi+. The fraction of sp³-hybridized carbons (Fsp3) is 0.273. The largest absolute Gasteiger partial charge is 1.00 e. The van der Waals surface area contributed by atoms with Crippen LogP contribution >= 0.6 is 0 Å². The van der Waals surface area contributed by atoms with E-state index in [-0.39, 0.29) is 18.9 Å². The van der Waals surface area contributed by atoms with Gasteiger partial charge >= 0.3 is 18.9 Å². The maximum absolute atomic E-state index is 2.33. The van der Waals surface area contributed by atoms with Gasteiger partial charge in [-0.1, -0.05) is 36.9 Å². The van der Waals surface area contributed by atoms with Gasteiger partial charge < -0.3 is 0 Å². The van der Waals surface area contributed by atoms with Crippen molar-refractivity contribution in [2.45, 2.75) is 19.0 Å².